The highest BCUT2D eigenvalue weighted by atomic mass is 16.5. The zero-order chi connectivity index (χ0) is 17.7. The van der Waals surface area contributed by atoms with Gasteiger partial charge < -0.3 is 9.47 Å². The van der Waals surface area contributed by atoms with Gasteiger partial charge in [-0.1, -0.05) is 51.3 Å². The molecule has 0 amide bonds. The quantitative estimate of drug-likeness (QED) is 0.650. The smallest absolute Gasteiger partial charge is 0.118 e. The van der Waals surface area contributed by atoms with Gasteiger partial charge in [0.05, 0.1) is 14.2 Å². The van der Waals surface area contributed by atoms with Crippen LogP contribution in [0.2, 0.25) is 0 Å². The fraction of sp³-hybridized carbons (Fsp3) is 0.273. The molecule has 0 aliphatic heterocycles. The van der Waals surface area contributed by atoms with E-state index in [1.165, 1.54) is 0 Å². The van der Waals surface area contributed by atoms with Crippen molar-refractivity contribution in [3.63, 3.8) is 0 Å². The molecule has 0 saturated heterocycles. The second-order valence-electron chi connectivity index (χ2n) is 6.08. The largest absolute Gasteiger partial charge is 0.497 e. The third-order valence-electron chi connectivity index (χ3n) is 4.77. The molecule has 24 heavy (non-hydrogen) atoms. The van der Waals surface area contributed by atoms with Crippen molar-refractivity contribution in [2.24, 2.45) is 11.8 Å². The Balaban J connectivity index is 2.12. The maximum absolute atomic E-state index is 5.22. The van der Waals surface area contributed by atoms with Crippen molar-refractivity contribution >= 4 is 11.1 Å². The van der Waals surface area contributed by atoms with Gasteiger partial charge in [0.15, 0.2) is 0 Å². The first-order valence-electron chi connectivity index (χ1n) is 8.14. The van der Waals surface area contributed by atoms with Gasteiger partial charge in [-0.05, 0) is 58.4 Å². The van der Waals surface area contributed by atoms with E-state index in [9.17, 15) is 0 Å². The topological polar surface area (TPSA) is 18.5 Å². The second-order valence-corrected chi connectivity index (χ2v) is 6.08. The molecule has 0 fully saturated rings. The van der Waals surface area contributed by atoms with E-state index in [-0.39, 0.29) is 11.8 Å². The van der Waals surface area contributed by atoms with Crippen LogP contribution >= 0.6 is 0 Å². The molecule has 0 radical (unpaired) electrons. The molecule has 0 saturated carbocycles. The zero-order valence-electron chi connectivity index (χ0n) is 15.0. The fourth-order valence-electron chi connectivity index (χ4n) is 2.74. The lowest BCUT2D eigenvalue weighted by Gasteiger charge is -2.25. The predicted molar refractivity (Wildman–Crippen MR) is 102 cm³/mol. The van der Waals surface area contributed by atoms with E-state index in [0.29, 0.717) is 0 Å². The van der Waals surface area contributed by atoms with Crippen molar-refractivity contribution in [1.82, 2.24) is 0 Å². The Morgan fingerprint density at radius 1 is 0.667 bits per heavy atom. The minimum atomic E-state index is 0.285. The highest BCUT2D eigenvalue weighted by Gasteiger charge is 2.20. The van der Waals surface area contributed by atoms with Crippen LogP contribution in [0.5, 0.6) is 11.5 Å². The van der Waals surface area contributed by atoms with Crippen LogP contribution in [0.4, 0.5) is 0 Å². The molecular weight excluding hydrogens is 296 g/mol. The van der Waals surface area contributed by atoms with Crippen LogP contribution in [0.15, 0.2) is 61.7 Å². The Bertz CT molecular complexity index is 632. The molecule has 2 aromatic rings. The van der Waals surface area contributed by atoms with E-state index in [1.807, 2.05) is 24.3 Å². The Labute approximate surface area is 145 Å². The first kappa shape index (κ1) is 17.9. The van der Waals surface area contributed by atoms with Crippen LogP contribution in [0.25, 0.3) is 11.1 Å². The Hall–Kier alpha value is -2.48. The average molecular weight is 322 g/mol. The van der Waals surface area contributed by atoms with Gasteiger partial charge >= 0.3 is 0 Å². The third kappa shape index (κ3) is 3.88. The normalized spacial score (nSPS) is 13.0. The van der Waals surface area contributed by atoms with E-state index >= 15 is 0 Å². The predicted octanol–water partition coefficient (Wildman–Crippen LogP) is 5.70. The van der Waals surface area contributed by atoms with Crippen LogP contribution in [-0.4, -0.2) is 14.2 Å². The van der Waals surface area contributed by atoms with Crippen molar-refractivity contribution in [3.8, 4) is 11.5 Å². The van der Waals surface area contributed by atoms with Gasteiger partial charge in [0.2, 0.25) is 0 Å². The van der Waals surface area contributed by atoms with Gasteiger partial charge in [-0.15, -0.1) is 0 Å². The number of hydrogen-bond acceptors (Lipinski definition) is 2. The summed E-state index contributed by atoms with van der Waals surface area (Å²) in [6.45, 7) is 13.0. The first-order chi connectivity index (χ1) is 11.5. The second kappa shape index (κ2) is 7.87. The van der Waals surface area contributed by atoms with E-state index in [1.54, 1.807) is 14.2 Å². The number of benzene rings is 2. The lowest BCUT2D eigenvalue weighted by atomic mass is 9.80. The van der Waals surface area contributed by atoms with Crippen molar-refractivity contribution in [1.29, 1.82) is 0 Å². The maximum atomic E-state index is 5.22. The Morgan fingerprint density at radius 3 is 1.21 bits per heavy atom. The van der Waals surface area contributed by atoms with Crippen LogP contribution in [0.1, 0.15) is 25.0 Å². The van der Waals surface area contributed by atoms with Crippen LogP contribution < -0.4 is 9.47 Å². The standard InChI is InChI=1S/C22H26O2/c1-15(17(3)19-7-11-21(23-5)12-8-19)16(2)18(4)20-9-13-22(24-6)14-10-20/h7-16H,3-4H2,1-2,5-6H3/t15-,16+. The van der Waals surface area contributed by atoms with E-state index in [4.69, 9.17) is 9.47 Å². The van der Waals surface area contributed by atoms with E-state index in [2.05, 4.69) is 51.3 Å². The number of hydrogen-bond donors (Lipinski definition) is 0. The maximum Gasteiger partial charge on any atom is 0.118 e. The summed E-state index contributed by atoms with van der Waals surface area (Å²) in [6, 6.07) is 16.1. The molecule has 0 bridgehead atoms. The van der Waals surface area contributed by atoms with Crippen molar-refractivity contribution in [2.45, 2.75) is 13.8 Å². The number of methoxy groups -OCH3 is 2. The van der Waals surface area contributed by atoms with Gasteiger partial charge in [0.25, 0.3) is 0 Å². The van der Waals surface area contributed by atoms with Gasteiger partial charge in [-0.2, -0.15) is 0 Å². The lowest BCUT2D eigenvalue weighted by Crippen LogP contribution is -2.11. The molecule has 2 aromatic carbocycles. The number of rotatable bonds is 7. The average Bonchev–Trinajstić information content (AvgIpc) is 2.65. The Morgan fingerprint density at radius 2 is 0.958 bits per heavy atom. The van der Waals surface area contributed by atoms with Gasteiger partial charge in [-0.25, -0.2) is 0 Å². The summed E-state index contributed by atoms with van der Waals surface area (Å²) in [5, 5.41) is 0. The Kier molecular flexibility index (Phi) is 5.86. The van der Waals surface area contributed by atoms with Gasteiger partial charge in [0, 0.05) is 0 Å². The number of ether oxygens (including phenoxy) is 2. The van der Waals surface area contributed by atoms with Crippen LogP contribution in [-0.2, 0) is 0 Å². The lowest BCUT2D eigenvalue weighted by molar-refractivity contribution is 0.414. The molecule has 0 aliphatic carbocycles. The molecule has 0 aliphatic rings. The summed E-state index contributed by atoms with van der Waals surface area (Å²) < 4.78 is 10.4. The molecule has 0 aromatic heterocycles. The number of allylic oxidation sites excluding steroid dienone is 2. The monoisotopic (exact) mass is 322 g/mol. The summed E-state index contributed by atoms with van der Waals surface area (Å²) in [6.07, 6.45) is 0. The minimum absolute atomic E-state index is 0.285. The zero-order valence-corrected chi connectivity index (χ0v) is 15.0. The molecule has 0 heterocycles. The fourth-order valence-corrected chi connectivity index (χ4v) is 2.74. The summed E-state index contributed by atoms with van der Waals surface area (Å²) in [5.41, 5.74) is 4.50. The SMILES string of the molecule is C=C(c1ccc(OC)cc1)[C@@H](C)[C@@H](C)C(=C)c1ccc(OC)cc1. The highest BCUT2D eigenvalue weighted by Crippen LogP contribution is 2.35. The van der Waals surface area contributed by atoms with E-state index < -0.39 is 0 Å². The molecular formula is C22H26O2. The third-order valence-corrected chi connectivity index (χ3v) is 4.77. The summed E-state index contributed by atoms with van der Waals surface area (Å²) in [4.78, 5) is 0. The van der Waals surface area contributed by atoms with E-state index in [0.717, 1.165) is 33.8 Å². The van der Waals surface area contributed by atoms with Crippen molar-refractivity contribution in [3.05, 3.63) is 72.8 Å². The van der Waals surface area contributed by atoms with Crippen LogP contribution in [0, 0.1) is 11.8 Å². The molecule has 126 valence electrons. The van der Waals surface area contributed by atoms with Crippen LogP contribution in [0.3, 0.4) is 0 Å². The molecule has 2 heteroatoms. The molecule has 0 unspecified atom stereocenters. The first-order valence-corrected chi connectivity index (χ1v) is 8.14. The van der Waals surface area contributed by atoms with Gasteiger partial charge in [0.1, 0.15) is 11.5 Å². The highest BCUT2D eigenvalue weighted by molar-refractivity contribution is 5.72. The van der Waals surface area contributed by atoms with Gasteiger partial charge in [-0.3, -0.25) is 0 Å². The summed E-state index contributed by atoms with van der Waals surface area (Å²) in [7, 11) is 3.35. The molecule has 2 nitrogen and oxygen atoms in total. The minimum Gasteiger partial charge on any atom is -0.497 e. The summed E-state index contributed by atoms with van der Waals surface area (Å²) in [5.74, 6) is 2.28. The molecule has 2 rings (SSSR count). The summed E-state index contributed by atoms with van der Waals surface area (Å²) >= 11 is 0. The molecule has 0 spiro atoms. The van der Waals surface area contributed by atoms with Crippen molar-refractivity contribution < 1.29 is 9.47 Å². The molecule has 2 atom stereocenters. The van der Waals surface area contributed by atoms with Crippen molar-refractivity contribution in [2.75, 3.05) is 14.2 Å². The molecule has 0 N–H and O–H groups in total.